The summed E-state index contributed by atoms with van der Waals surface area (Å²) in [6.07, 6.45) is 1.01. The van der Waals surface area contributed by atoms with Crippen LogP contribution in [-0.4, -0.2) is 20.8 Å². The number of rotatable bonds is 3. The molecule has 2 aromatic carbocycles. The maximum absolute atomic E-state index is 5.50. The second-order valence-electron chi connectivity index (χ2n) is 7.42. The second-order valence-corrected chi connectivity index (χ2v) is 7.42. The molecule has 0 unspecified atom stereocenters. The van der Waals surface area contributed by atoms with Crippen LogP contribution in [0.15, 0.2) is 36.4 Å². The summed E-state index contributed by atoms with van der Waals surface area (Å²) in [5.41, 5.74) is 5.43. The molecule has 3 rings (SSSR count). The molecular formula is C21H27NO2. The number of methoxy groups -OCH3 is 2. The van der Waals surface area contributed by atoms with Crippen molar-refractivity contribution in [2.75, 3.05) is 20.8 Å². The minimum Gasteiger partial charge on any atom is -0.493 e. The van der Waals surface area contributed by atoms with Gasteiger partial charge in [0.2, 0.25) is 0 Å². The summed E-state index contributed by atoms with van der Waals surface area (Å²) in [6.45, 7) is 7.70. The molecule has 0 amide bonds. The van der Waals surface area contributed by atoms with E-state index in [1.807, 2.05) is 0 Å². The van der Waals surface area contributed by atoms with Gasteiger partial charge in [-0.1, -0.05) is 45.0 Å². The molecule has 0 radical (unpaired) electrons. The number of benzene rings is 2. The molecule has 3 nitrogen and oxygen atoms in total. The number of hydrogen-bond donors (Lipinski definition) is 1. The van der Waals surface area contributed by atoms with Crippen LogP contribution in [0.2, 0.25) is 0 Å². The lowest BCUT2D eigenvalue weighted by Gasteiger charge is -2.29. The third kappa shape index (κ3) is 3.13. The van der Waals surface area contributed by atoms with Crippen molar-refractivity contribution in [3.8, 4) is 11.5 Å². The fourth-order valence-electron chi connectivity index (χ4n) is 3.36. The second kappa shape index (κ2) is 6.48. The van der Waals surface area contributed by atoms with E-state index < -0.39 is 0 Å². The highest BCUT2D eigenvalue weighted by molar-refractivity contribution is 5.51. The van der Waals surface area contributed by atoms with Gasteiger partial charge in [-0.05, 0) is 46.2 Å². The minimum absolute atomic E-state index is 0.174. The molecule has 0 saturated heterocycles. The molecule has 0 fully saturated rings. The van der Waals surface area contributed by atoms with Gasteiger partial charge in [-0.3, -0.25) is 0 Å². The Balaban J connectivity index is 2.00. The average Bonchev–Trinajstić information content (AvgIpc) is 2.59. The monoisotopic (exact) mass is 325 g/mol. The Hall–Kier alpha value is -2.00. The molecule has 128 valence electrons. The number of fused-ring (bicyclic) bond motifs is 1. The lowest BCUT2D eigenvalue weighted by Crippen LogP contribution is -2.30. The molecule has 1 aliphatic rings. The lowest BCUT2D eigenvalue weighted by molar-refractivity contribution is 0.353. The number of nitrogens with one attached hydrogen (secondary N) is 1. The Morgan fingerprint density at radius 2 is 1.58 bits per heavy atom. The zero-order valence-corrected chi connectivity index (χ0v) is 15.3. The van der Waals surface area contributed by atoms with Crippen molar-refractivity contribution in [1.82, 2.24) is 5.32 Å². The van der Waals surface area contributed by atoms with Crippen LogP contribution in [-0.2, 0) is 11.8 Å². The molecule has 0 spiro atoms. The highest BCUT2D eigenvalue weighted by atomic mass is 16.5. The first-order valence-corrected chi connectivity index (χ1v) is 8.52. The largest absolute Gasteiger partial charge is 0.493 e. The summed E-state index contributed by atoms with van der Waals surface area (Å²) in [6, 6.07) is 13.4. The first-order valence-electron chi connectivity index (χ1n) is 8.52. The van der Waals surface area contributed by atoms with E-state index in [1.165, 1.54) is 22.3 Å². The van der Waals surface area contributed by atoms with Gasteiger partial charge in [0.25, 0.3) is 0 Å². The number of ether oxygens (including phenoxy) is 2. The smallest absolute Gasteiger partial charge is 0.161 e. The van der Waals surface area contributed by atoms with Gasteiger partial charge >= 0.3 is 0 Å². The number of hydrogen-bond acceptors (Lipinski definition) is 3. The van der Waals surface area contributed by atoms with E-state index in [4.69, 9.17) is 9.47 Å². The van der Waals surface area contributed by atoms with Gasteiger partial charge in [0, 0.05) is 6.54 Å². The van der Waals surface area contributed by atoms with Crippen LogP contribution in [0, 0.1) is 0 Å². The molecule has 3 heteroatoms. The molecular weight excluding hydrogens is 298 g/mol. The van der Waals surface area contributed by atoms with Crippen molar-refractivity contribution in [1.29, 1.82) is 0 Å². The van der Waals surface area contributed by atoms with E-state index >= 15 is 0 Å². The Kier molecular flexibility index (Phi) is 4.55. The average molecular weight is 325 g/mol. The summed E-state index contributed by atoms with van der Waals surface area (Å²) < 4.78 is 10.9. The molecule has 1 heterocycles. The van der Waals surface area contributed by atoms with Gasteiger partial charge in [0.05, 0.1) is 20.3 Å². The first kappa shape index (κ1) is 16.8. The highest BCUT2D eigenvalue weighted by Gasteiger charge is 2.24. The highest BCUT2D eigenvalue weighted by Crippen LogP contribution is 2.37. The predicted octanol–water partition coefficient (Wildman–Crippen LogP) is 4.24. The lowest BCUT2D eigenvalue weighted by atomic mass is 9.84. The summed E-state index contributed by atoms with van der Waals surface area (Å²) in [5, 5.41) is 3.64. The van der Waals surface area contributed by atoms with Gasteiger partial charge in [-0.25, -0.2) is 0 Å². The maximum atomic E-state index is 5.50. The molecule has 0 aliphatic carbocycles. The third-order valence-electron chi connectivity index (χ3n) is 4.81. The first-order chi connectivity index (χ1) is 11.4. The van der Waals surface area contributed by atoms with Gasteiger partial charge in [0.1, 0.15) is 0 Å². The van der Waals surface area contributed by atoms with Crippen LogP contribution in [0.5, 0.6) is 11.5 Å². The van der Waals surface area contributed by atoms with E-state index in [9.17, 15) is 0 Å². The van der Waals surface area contributed by atoms with Crippen LogP contribution >= 0.6 is 0 Å². The quantitative estimate of drug-likeness (QED) is 0.916. The normalized spacial score (nSPS) is 17.3. The van der Waals surface area contributed by atoms with Crippen molar-refractivity contribution in [2.24, 2.45) is 0 Å². The maximum Gasteiger partial charge on any atom is 0.161 e. The fourth-order valence-corrected chi connectivity index (χ4v) is 3.36. The van der Waals surface area contributed by atoms with Gasteiger partial charge in [-0.2, -0.15) is 0 Å². The van der Waals surface area contributed by atoms with E-state index in [1.54, 1.807) is 14.2 Å². The molecule has 0 aromatic heterocycles. The van der Waals surface area contributed by atoms with E-state index in [0.717, 1.165) is 24.5 Å². The Labute approximate surface area is 145 Å². The molecule has 1 N–H and O–H groups in total. The standard InChI is InChI=1S/C21H27NO2/c1-21(2,3)16-8-6-14(7-9-16)20-17-13-19(24-5)18(23-4)12-15(17)10-11-22-20/h6-9,12-13,20,22H,10-11H2,1-5H3/t20-/m1/s1. The summed E-state index contributed by atoms with van der Waals surface area (Å²) in [5.74, 6) is 1.59. The zero-order valence-electron chi connectivity index (χ0n) is 15.3. The van der Waals surface area contributed by atoms with Crippen molar-refractivity contribution in [2.45, 2.75) is 38.6 Å². The Bertz CT molecular complexity index is 714. The van der Waals surface area contributed by atoms with E-state index in [2.05, 4.69) is 62.5 Å². The Morgan fingerprint density at radius 3 is 2.17 bits per heavy atom. The van der Waals surface area contributed by atoms with Gasteiger partial charge in [0.15, 0.2) is 11.5 Å². The summed E-state index contributed by atoms with van der Waals surface area (Å²) >= 11 is 0. The third-order valence-corrected chi connectivity index (χ3v) is 4.81. The summed E-state index contributed by atoms with van der Waals surface area (Å²) in [4.78, 5) is 0. The van der Waals surface area contributed by atoms with Gasteiger partial charge in [-0.15, -0.1) is 0 Å². The fraction of sp³-hybridized carbons (Fsp3) is 0.429. The van der Waals surface area contributed by atoms with E-state index in [-0.39, 0.29) is 11.5 Å². The van der Waals surface area contributed by atoms with Crippen LogP contribution in [0.4, 0.5) is 0 Å². The topological polar surface area (TPSA) is 30.5 Å². The van der Waals surface area contributed by atoms with Crippen molar-refractivity contribution >= 4 is 0 Å². The molecule has 1 aliphatic heterocycles. The predicted molar refractivity (Wildman–Crippen MR) is 98.2 cm³/mol. The van der Waals surface area contributed by atoms with Crippen LogP contribution in [0.1, 0.15) is 49.1 Å². The van der Waals surface area contributed by atoms with Crippen molar-refractivity contribution in [3.05, 3.63) is 58.7 Å². The molecule has 0 bridgehead atoms. The SMILES string of the molecule is COc1cc2c(cc1OC)[C@@H](c1ccc(C(C)(C)C)cc1)NCC2. The minimum atomic E-state index is 0.174. The molecule has 2 aromatic rings. The molecule has 0 saturated carbocycles. The van der Waals surface area contributed by atoms with E-state index in [0.29, 0.717) is 0 Å². The Morgan fingerprint density at radius 1 is 0.958 bits per heavy atom. The summed E-state index contributed by atoms with van der Waals surface area (Å²) in [7, 11) is 3.38. The van der Waals surface area contributed by atoms with Crippen molar-refractivity contribution < 1.29 is 9.47 Å². The van der Waals surface area contributed by atoms with Crippen LogP contribution in [0.25, 0.3) is 0 Å². The van der Waals surface area contributed by atoms with Crippen LogP contribution < -0.4 is 14.8 Å². The molecule has 1 atom stereocenters. The zero-order chi connectivity index (χ0) is 17.3. The van der Waals surface area contributed by atoms with Gasteiger partial charge < -0.3 is 14.8 Å². The van der Waals surface area contributed by atoms with Crippen LogP contribution in [0.3, 0.4) is 0 Å². The van der Waals surface area contributed by atoms with Crippen molar-refractivity contribution in [3.63, 3.8) is 0 Å². The molecule has 24 heavy (non-hydrogen) atoms.